The van der Waals surface area contributed by atoms with Crippen molar-refractivity contribution in [3.05, 3.63) is 34.4 Å². The SMILES string of the molecule is CC.Cc1cc(C)c(CCO)c(C)c1. The quantitative estimate of drug-likeness (QED) is 0.766. The summed E-state index contributed by atoms with van der Waals surface area (Å²) in [5.41, 5.74) is 5.18. The van der Waals surface area contributed by atoms with Gasteiger partial charge in [-0.05, 0) is 43.9 Å². The lowest BCUT2D eigenvalue weighted by Gasteiger charge is -2.09. The smallest absolute Gasteiger partial charge is 0.0471 e. The standard InChI is InChI=1S/C11H16O.C2H6/c1-8-6-9(2)11(4-5-12)10(3)7-8;1-2/h6-7,12H,4-5H2,1-3H3;1-2H3. The first-order valence-corrected chi connectivity index (χ1v) is 5.32. The van der Waals surface area contributed by atoms with Gasteiger partial charge < -0.3 is 5.11 Å². The third kappa shape index (κ3) is 3.51. The molecule has 0 heterocycles. The molecular formula is C13H22O. The molecule has 0 saturated carbocycles. The fourth-order valence-corrected chi connectivity index (χ4v) is 1.72. The van der Waals surface area contributed by atoms with Crippen LogP contribution in [-0.4, -0.2) is 11.7 Å². The summed E-state index contributed by atoms with van der Waals surface area (Å²) in [6, 6.07) is 4.33. The molecule has 0 fully saturated rings. The van der Waals surface area contributed by atoms with E-state index in [1.54, 1.807) is 0 Å². The van der Waals surface area contributed by atoms with Crippen LogP contribution in [0.15, 0.2) is 12.1 Å². The number of hydrogen-bond donors (Lipinski definition) is 1. The molecule has 0 aliphatic rings. The van der Waals surface area contributed by atoms with Gasteiger partial charge >= 0.3 is 0 Å². The van der Waals surface area contributed by atoms with Crippen molar-refractivity contribution in [2.24, 2.45) is 0 Å². The molecule has 80 valence electrons. The van der Waals surface area contributed by atoms with E-state index >= 15 is 0 Å². The van der Waals surface area contributed by atoms with E-state index < -0.39 is 0 Å². The van der Waals surface area contributed by atoms with E-state index in [9.17, 15) is 0 Å². The van der Waals surface area contributed by atoms with E-state index in [0.717, 1.165) is 6.42 Å². The summed E-state index contributed by atoms with van der Waals surface area (Å²) in [4.78, 5) is 0. The van der Waals surface area contributed by atoms with E-state index in [4.69, 9.17) is 5.11 Å². The zero-order chi connectivity index (χ0) is 11.1. The molecule has 0 saturated heterocycles. The Balaban J connectivity index is 0.000000791. The normalized spacial score (nSPS) is 9.29. The summed E-state index contributed by atoms with van der Waals surface area (Å²) in [6.07, 6.45) is 0.776. The van der Waals surface area contributed by atoms with Gasteiger partial charge in [-0.3, -0.25) is 0 Å². The highest BCUT2D eigenvalue weighted by Crippen LogP contribution is 2.16. The molecule has 0 bridgehead atoms. The van der Waals surface area contributed by atoms with Gasteiger partial charge in [0.2, 0.25) is 0 Å². The van der Waals surface area contributed by atoms with Gasteiger partial charge in [-0.25, -0.2) is 0 Å². The average Bonchev–Trinajstić information content (AvgIpc) is 2.14. The molecule has 0 radical (unpaired) electrons. The summed E-state index contributed by atoms with van der Waals surface area (Å²) in [6.45, 7) is 10.5. The molecule has 14 heavy (non-hydrogen) atoms. The minimum absolute atomic E-state index is 0.241. The Morgan fingerprint density at radius 2 is 1.43 bits per heavy atom. The largest absolute Gasteiger partial charge is 0.396 e. The molecule has 1 nitrogen and oxygen atoms in total. The van der Waals surface area contributed by atoms with Crippen LogP contribution >= 0.6 is 0 Å². The molecule has 0 atom stereocenters. The molecule has 0 aliphatic heterocycles. The lowest BCUT2D eigenvalue weighted by molar-refractivity contribution is 0.299. The predicted molar refractivity (Wildman–Crippen MR) is 62.8 cm³/mol. The van der Waals surface area contributed by atoms with Crippen molar-refractivity contribution in [3.8, 4) is 0 Å². The van der Waals surface area contributed by atoms with Crippen LogP contribution in [-0.2, 0) is 6.42 Å². The summed E-state index contributed by atoms with van der Waals surface area (Å²) < 4.78 is 0. The van der Waals surface area contributed by atoms with Crippen LogP contribution in [0.5, 0.6) is 0 Å². The minimum atomic E-state index is 0.241. The molecule has 1 rings (SSSR count). The summed E-state index contributed by atoms with van der Waals surface area (Å²) >= 11 is 0. The van der Waals surface area contributed by atoms with E-state index in [2.05, 4.69) is 32.9 Å². The van der Waals surface area contributed by atoms with E-state index in [1.807, 2.05) is 13.8 Å². The molecule has 0 aromatic heterocycles. The van der Waals surface area contributed by atoms with Gasteiger partial charge in [-0.15, -0.1) is 0 Å². The maximum absolute atomic E-state index is 8.84. The van der Waals surface area contributed by atoms with Crippen LogP contribution in [0.25, 0.3) is 0 Å². The van der Waals surface area contributed by atoms with Crippen LogP contribution in [0.2, 0.25) is 0 Å². The zero-order valence-corrected chi connectivity index (χ0v) is 10.0. The summed E-state index contributed by atoms with van der Waals surface area (Å²) in [5.74, 6) is 0. The maximum atomic E-state index is 8.84. The molecule has 1 aromatic carbocycles. The number of rotatable bonds is 2. The van der Waals surface area contributed by atoms with Crippen molar-refractivity contribution in [1.29, 1.82) is 0 Å². The molecule has 0 amide bonds. The van der Waals surface area contributed by atoms with Crippen LogP contribution in [0.3, 0.4) is 0 Å². The Bertz CT molecular complexity index is 254. The first-order chi connectivity index (χ1) is 6.65. The van der Waals surface area contributed by atoms with Crippen LogP contribution in [0, 0.1) is 20.8 Å². The van der Waals surface area contributed by atoms with Crippen molar-refractivity contribution in [1.82, 2.24) is 0 Å². The Morgan fingerprint density at radius 1 is 1.00 bits per heavy atom. The highest BCUT2D eigenvalue weighted by Gasteiger charge is 2.01. The third-order valence-electron chi connectivity index (χ3n) is 2.20. The molecule has 1 heteroatoms. The Labute approximate surface area is 87.8 Å². The second-order valence-corrected chi connectivity index (χ2v) is 3.35. The van der Waals surface area contributed by atoms with Crippen molar-refractivity contribution in [2.75, 3.05) is 6.61 Å². The number of benzene rings is 1. The predicted octanol–water partition coefficient (Wildman–Crippen LogP) is 3.17. The topological polar surface area (TPSA) is 20.2 Å². The number of hydrogen-bond acceptors (Lipinski definition) is 1. The van der Waals surface area contributed by atoms with Gasteiger partial charge in [0.15, 0.2) is 0 Å². The fourth-order valence-electron chi connectivity index (χ4n) is 1.72. The lowest BCUT2D eigenvalue weighted by atomic mass is 9.98. The molecular weight excluding hydrogens is 172 g/mol. The highest BCUT2D eigenvalue weighted by atomic mass is 16.2. The van der Waals surface area contributed by atoms with Gasteiger partial charge in [0.25, 0.3) is 0 Å². The van der Waals surface area contributed by atoms with Gasteiger partial charge in [-0.2, -0.15) is 0 Å². The van der Waals surface area contributed by atoms with Crippen LogP contribution in [0.1, 0.15) is 36.1 Å². The Morgan fingerprint density at radius 3 is 1.79 bits per heavy atom. The number of aryl methyl sites for hydroxylation is 3. The van der Waals surface area contributed by atoms with Gasteiger partial charge in [0, 0.05) is 6.61 Å². The lowest BCUT2D eigenvalue weighted by Crippen LogP contribution is -1.98. The van der Waals surface area contributed by atoms with Crippen LogP contribution < -0.4 is 0 Å². The molecule has 1 N–H and O–H groups in total. The Hall–Kier alpha value is -0.820. The molecule has 0 unspecified atom stereocenters. The maximum Gasteiger partial charge on any atom is 0.0471 e. The number of aliphatic hydroxyl groups excluding tert-OH is 1. The molecule has 0 spiro atoms. The average molecular weight is 194 g/mol. The van der Waals surface area contributed by atoms with Crippen molar-refractivity contribution in [3.63, 3.8) is 0 Å². The second kappa shape index (κ2) is 6.61. The highest BCUT2D eigenvalue weighted by molar-refractivity contribution is 5.37. The van der Waals surface area contributed by atoms with Gasteiger partial charge in [-0.1, -0.05) is 31.5 Å². The van der Waals surface area contributed by atoms with Crippen molar-refractivity contribution < 1.29 is 5.11 Å². The van der Waals surface area contributed by atoms with Crippen LogP contribution in [0.4, 0.5) is 0 Å². The third-order valence-corrected chi connectivity index (χ3v) is 2.20. The first-order valence-electron chi connectivity index (χ1n) is 5.32. The summed E-state index contributed by atoms with van der Waals surface area (Å²) in [7, 11) is 0. The second-order valence-electron chi connectivity index (χ2n) is 3.35. The molecule has 1 aromatic rings. The van der Waals surface area contributed by atoms with E-state index in [1.165, 1.54) is 22.3 Å². The monoisotopic (exact) mass is 194 g/mol. The van der Waals surface area contributed by atoms with Crippen molar-refractivity contribution in [2.45, 2.75) is 41.0 Å². The number of aliphatic hydroxyl groups is 1. The minimum Gasteiger partial charge on any atom is -0.396 e. The molecule has 0 aliphatic carbocycles. The fraction of sp³-hybridized carbons (Fsp3) is 0.538. The zero-order valence-electron chi connectivity index (χ0n) is 10.0. The summed E-state index contributed by atoms with van der Waals surface area (Å²) in [5, 5.41) is 8.84. The van der Waals surface area contributed by atoms with E-state index in [0.29, 0.717) is 0 Å². The Kier molecular flexibility index (Phi) is 6.22. The van der Waals surface area contributed by atoms with Crippen molar-refractivity contribution >= 4 is 0 Å². The van der Waals surface area contributed by atoms with Gasteiger partial charge in [0.05, 0.1) is 0 Å². The van der Waals surface area contributed by atoms with E-state index in [-0.39, 0.29) is 6.61 Å². The first kappa shape index (κ1) is 13.2. The van der Waals surface area contributed by atoms with Gasteiger partial charge in [0.1, 0.15) is 0 Å².